The molecule has 116 valence electrons. The molecule has 0 bridgehead atoms. The quantitative estimate of drug-likeness (QED) is 0.691. The van der Waals surface area contributed by atoms with Gasteiger partial charge in [-0.1, -0.05) is 18.2 Å². The summed E-state index contributed by atoms with van der Waals surface area (Å²) >= 11 is 1.44. The monoisotopic (exact) mass is 325 g/mol. The number of hydrogen-bond acceptors (Lipinski definition) is 4. The number of aryl methyl sites for hydroxylation is 2. The Hall–Kier alpha value is -2.47. The molecule has 0 saturated carbocycles. The van der Waals surface area contributed by atoms with E-state index < -0.39 is 0 Å². The maximum atomic E-state index is 12.9. The van der Waals surface area contributed by atoms with E-state index in [9.17, 15) is 9.59 Å². The van der Waals surface area contributed by atoms with Crippen molar-refractivity contribution < 1.29 is 4.79 Å². The van der Waals surface area contributed by atoms with Crippen LogP contribution in [0, 0.1) is 6.92 Å². The topological polar surface area (TPSA) is 54.7 Å². The molecule has 0 N–H and O–H groups in total. The van der Waals surface area contributed by atoms with Crippen molar-refractivity contribution in [1.82, 2.24) is 9.38 Å². The van der Waals surface area contributed by atoms with Crippen molar-refractivity contribution in [3.05, 3.63) is 63.0 Å². The number of rotatable bonds is 1. The first-order chi connectivity index (χ1) is 11.1. The lowest BCUT2D eigenvalue weighted by Gasteiger charge is -2.29. The average Bonchev–Trinajstić information content (AvgIpc) is 2.95. The minimum Gasteiger partial charge on any atom is -0.308 e. The smallest absolute Gasteiger partial charge is 0.271 e. The first-order valence-electron chi connectivity index (χ1n) is 7.53. The number of carbonyl (C=O) groups excluding carboxylic acids is 1. The summed E-state index contributed by atoms with van der Waals surface area (Å²) in [7, 11) is 0. The molecule has 4 rings (SSSR count). The van der Waals surface area contributed by atoms with E-state index in [-0.39, 0.29) is 17.0 Å². The average molecular weight is 325 g/mol. The fourth-order valence-corrected chi connectivity index (χ4v) is 3.82. The van der Waals surface area contributed by atoms with Crippen LogP contribution in [-0.4, -0.2) is 21.8 Å². The molecule has 1 aromatic carbocycles. The number of benzene rings is 1. The maximum absolute atomic E-state index is 12.9. The van der Waals surface area contributed by atoms with Crippen LogP contribution in [0.1, 0.15) is 27.2 Å². The van der Waals surface area contributed by atoms with Gasteiger partial charge in [0.15, 0.2) is 4.96 Å². The third-order valence-electron chi connectivity index (χ3n) is 4.11. The van der Waals surface area contributed by atoms with E-state index in [2.05, 4.69) is 4.98 Å². The van der Waals surface area contributed by atoms with Gasteiger partial charge in [0, 0.05) is 29.5 Å². The van der Waals surface area contributed by atoms with Gasteiger partial charge in [-0.05, 0) is 31.4 Å². The Morgan fingerprint density at radius 2 is 2.13 bits per heavy atom. The molecule has 0 fully saturated rings. The van der Waals surface area contributed by atoms with Crippen molar-refractivity contribution >= 4 is 27.9 Å². The number of carbonyl (C=O) groups is 1. The highest BCUT2D eigenvalue weighted by Gasteiger charge is 2.26. The van der Waals surface area contributed by atoms with E-state index in [1.54, 1.807) is 11.1 Å². The van der Waals surface area contributed by atoms with Crippen molar-refractivity contribution in [2.75, 3.05) is 11.4 Å². The lowest BCUT2D eigenvalue weighted by Crippen LogP contribution is -2.39. The van der Waals surface area contributed by atoms with Crippen molar-refractivity contribution in [2.24, 2.45) is 0 Å². The zero-order chi connectivity index (χ0) is 16.0. The summed E-state index contributed by atoms with van der Waals surface area (Å²) in [6.07, 6.45) is 5.00. The van der Waals surface area contributed by atoms with E-state index >= 15 is 0 Å². The van der Waals surface area contributed by atoms with Gasteiger partial charge in [-0.2, -0.15) is 0 Å². The van der Waals surface area contributed by atoms with Crippen LogP contribution in [-0.2, 0) is 6.42 Å². The minimum absolute atomic E-state index is 0.122. The molecule has 23 heavy (non-hydrogen) atoms. The van der Waals surface area contributed by atoms with Gasteiger partial charge >= 0.3 is 0 Å². The molecule has 0 spiro atoms. The zero-order valence-electron chi connectivity index (χ0n) is 12.7. The SMILES string of the molecule is Cc1cn2c(=O)c(C(=O)N3CCCc4ccccc43)cnc2s1. The van der Waals surface area contributed by atoms with Crippen molar-refractivity contribution in [3.8, 4) is 0 Å². The lowest BCUT2D eigenvalue weighted by molar-refractivity contribution is 0.0983. The molecule has 1 aliphatic rings. The number of nitrogens with zero attached hydrogens (tertiary/aromatic N) is 3. The molecular formula is C17H15N3O2S. The van der Waals surface area contributed by atoms with Gasteiger partial charge in [-0.3, -0.25) is 14.0 Å². The highest BCUT2D eigenvalue weighted by atomic mass is 32.1. The van der Waals surface area contributed by atoms with E-state index in [1.165, 1.54) is 21.9 Å². The normalized spacial score (nSPS) is 14.0. The van der Waals surface area contributed by atoms with Gasteiger partial charge in [-0.15, -0.1) is 11.3 Å². The highest BCUT2D eigenvalue weighted by Crippen LogP contribution is 2.27. The Kier molecular flexibility index (Phi) is 3.27. The van der Waals surface area contributed by atoms with Gasteiger partial charge in [0.1, 0.15) is 5.56 Å². The predicted molar refractivity (Wildman–Crippen MR) is 90.5 cm³/mol. The number of amides is 1. The number of anilines is 1. The van der Waals surface area contributed by atoms with Crippen LogP contribution < -0.4 is 10.5 Å². The van der Waals surface area contributed by atoms with E-state index in [0.717, 1.165) is 29.0 Å². The summed E-state index contributed by atoms with van der Waals surface area (Å²) in [5.41, 5.74) is 1.87. The molecule has 0 radical (unpaired) electrons. The summed E-state index contributed by atoms with van der Waals surface area (Å²) in [6.45, 7) is 2.54. The van der Waals surface area contributed by atoms with Gasteiger partial charge in [0.25, 0.3) is 11.5 Å². The molecule has 5 nitrogen and oxygen atoms in total. The standard InChI is InChI=1S/C17H15N3O2S/c1-11-10-20-16(22)13(9-18-17(20)23-11)15(21)19-8-4-6-12-5-2-3-7-14(12)19/h2-3,5,7,9-10H,4,6,8H2,1H3. The molecule has 2 aromatic heterocycles. The number of para-hydroxylation sites is 1. The summed E-state index contributed by atoms with van der Waals surface area (Å²) in [6, 6.07) is 7.86. The molecule has 0 saturated heterocycles. The molecule has 1 amide bonds. The molecule has 0 unspecified atom stereocenters. The molecule has 0 atom stereocenters. The third-order valence-corrected chi connectivity index (χ3v) is 5.02. The summed E-state index contributed by atoms with van der Waals surface area (Å²) in [5.74, 6) is -0.270. The highest BCUT2D eigenvalue weighted by molar-refractivity contribution is 7.16. The Balaban J connectivity index is 1.81. The van der Waals surface area contributed by atoms with Gasteiger partial charge in [0.2, 0.25) is 0 Å². The molecule has 3 aromatic rings. The number of thiazole rings is 1. The first kappa shape index (κ1) is 14.1. The van der Waals surface area contributed by atoms with Crippen LogP contribution in [0.5, 0.6) is 0 Å². The van der Waals surface area contributed by atoms with E-state index in [4.69, 9.17) is 0 Å². The van der Waals surface area contributed by atoms with Crippen LogP contribution in [0.15, 0.2) is 41.5 Å². The van der Waals surface area contributed by atoms with Crippen LogP contribution in [0.2, 0.25) is 0 Å². The Bertz CT molecular complexity index is 973. The Labute approximate surface area is 136 Å². The second-order valence-corrected chi connectivity index (χ2v) is 6.87. The van der Waals surface area contributed by atoms with Gasteiger partial charge in [-0.25, -0.2) is 4.98 Å². The number of aromatic nitrogens is 2. The Morgan fingerprint density at radius 1 is 1.30 bits per heavy atom. The largest absolute Gasteiger partial charge is 0.308 e. The molecular weight excluding hydrogens is 310 g/mol. The second kappa shape index (κ2) is 5.31. The van der Waals surface area contributed by atoms with E-state index in [0.29, 0.717) is 11.5 Å². The third kappa shape index (κ3) is 2.26. The fraction of sp³-hybridized carbons (Fsp3) is 0.235. The molecule has 0 aliphatic carbocycles. The van der Waals surface area contributed by atoms with Crippen molar-refractivity contribution in [1.29, 1.82) is 0 Å². The first-order valence-corrected chi connectivity index (χ1v) is 8.34. The fourth-order valence-electron chi connectivity index (χ4n) is 3.03. The summed E-state index contributed by atoms with van der Waals surface area (Å²) < 4.78 is 1.46. The van der Waals surface area contributed by atoms with Crippen LogP contribution in [0.4, 0.5) is 5.69 Å². The van der Waals surface area contributed by atoms with Crippen molar-refractivity contribution in [2.45, 2.75) is 19.8 Å². The maximum Gasteiger partial charge on any atom is 0.271 e. The molecule has 1 aliphatic heterocycles. The van der Waals surface area contributed by atoms with Crippen LogP contribution in [0.3, 0.4) is 0 Å². The van der Waals surface area contributed by atoms with Crippen LogP contribution >= 0.6 is 11.3 Å². The lowest BCUT2D eigenvalue weighted by atomic mass is 10.0. The summed E-state index contributed by atoms with van der Waals surface area (Å²) in [4.78, 5) is 33.1. The number of hydrogen-bond donors (Lipinski definition) is 0. The van der Waals surface area contributed by atoms with Crippen LogP contribution in [0.25, 0.3) is 4.96 Å². The molecule has 6 heteroatoms. The minimum atomic E-state index is -0.299. The van der Waals surface area contributed by atoms with Gasteiger partial charge < -0.3 is 4.90 Å². The van der Waals surface area contributed by atoms with Gasteiger partial charge in [0.05, 0.1) is 0 Å². The van der Waals surface area contributed by atoms with E-state index in [1.807, 2.05) is 31.2 Å². The number of fused-ring (bicyclic) bond motifs is 2. The second-order valence-electron chi connectivity index (χ2n) is 5.66. The predicted octanol–water partition coefficient (Wildman–Crippen LogP) is 2.66. The molecule has 3 heterocycles. The Morgan fingerprint density at radius 3 is 3.00 bits per heavy atom. The summed E-state index contributed by atoms with van der Waals surface area (Å²) in [5, 5.41) is 0. The zero-order valence-corrected chi connectivity index (χ0v) is 13.5. The van der Waals surface area contributed by atoms with Crippen molar-refractivity contribution in [3.63, 3.8) is 0 Å².